The zero-order valence-corrected chi connectivity index (χ0v) is 25.7. The van der Waals surface area contributed by atoms with Crippen molar-refractivity contribution >= 4 is 37.9 Å². The number of nitrogens with zero attached hydrogens (tertiary/aromatic N) is 3. The fourth-order valence-electron chi connectivity index (χ4n) is 4.43. The minimum atomic E-state index is -4.67. The van der Waals surface area contributed by atoms with E-state index in [1.807, 2.05) is 74.5 Å². The predicted molar refractivity (Wildman–Crippen MR) is 169 cm³/mol. The smallest absolute Gasteiger partial charge is 0.370 e. The summed E-state index contributed by atoms with van der Waals surface area (Å²) < 4.78 is 60.3. The molecular formula is C30H37N5O6S2. The highest BCUT2D eigenvalue weighted by Crippen LogP contribution is 2.26. The maximum atomic E-state index is 13.6. The first kappa shape index (κ1) is 33.5. The van der Waals surface area contributed by atoms with Crippen molar-refractivity contribution in [3.8, 4) is 0 Å². The van der Waals surface area contributed by atoms with Crippen molar-refractivity contribution in [1.82, 2.24) is 9.97 Å². The first-order valence-corrected chi connectivity index (χ1v) is 16.4. The number of aromatic nitrogens is 2. The Labute approximate surface area is 253 Å². The van der Waals surface area contributed by atoms with Gasteiger partial charge in [-0.15, -0.1) is 0 Å². The van der Waals surface area contributed by atoms with Crippen LogP contribution in [0.15, 0.2) is 89.8 Å². The van der Waals surface area contributed by atoms with Crippen LogP contribution in [-0.2, 0) is 33.3 Å². The molecule has 5 N–H and O–H groups in total. The maximum absolute atomic E-state index is 13.6. The molecule has 43 heavy (non-hydrogen) atoms. The number of aryl methyl sites for hydroxylation is 3. The lowest BCUT2D eigenvalue weighted by Crippen LogP contribution is -2.32. The first-order chi connectivity index (χ1) is 20.3. The number of sulfonamides is 1. The molecule has 0 aliphatic heterocycles. The van der Waals surface area contributed by atoms with E-state index in [-0.39, 0.29) is 10.8 Å². The number of anilines is 3. The van der Waals surface area contributed by atoms with Gasteiger partial charge < -0.3 is 11.1 Å². The number of nitrogens with two attached hydrogens (primary N) is 1. The van der Waals surface area contributed by atoms with Gasteiger partial charge in [0.25, 0.3) is 10.0 Å². The van der Waals surface area contributed by atoms with E-state index in [1.54, 1.807) is 12.1 Å². The second-order valence-electron chi connectivity index (χ2n) is 9.79. The number of para-hydroxylation sites is 1. The second-order valence-corrected chi connectivity index (χ2v) is 12.5. The third-order valence-electron chi connectivity index (χ3n) is 6.45. The van der Waals surface area contributed by atoms with Gasteiger partial charge in [0.1, 0.15) is 5.82 Å². The first-order valence-electron chi connectivity index (χ1n) is 13.6. The van der Waals surface area contributed by atoms with Crippen LogP contribution >= 0.6 is 0 Å². The molecule has 0 radical (unpaired) electrons. The highest BCUT2D eigenvalue weighted by molar-refractivity contribution is 7.92. The summed E-state index contributed by atoms with van der Waals surface area (Å²) in [7, 11) is -8.40. The van der Waals surface area contributed by atoms with Crippen LogP contribution in [0.25, 0.3) is 0 Å². The van der Waals surface area contributed by atoms with Crippen LogP contribution in [0.1, 0.15) is 35.2 Å². The lowest BCUT2D eigenvalue weighted by Gasteiger charge is -2.25. The van der Waals surface area contributed by atoms with Crippen molar-refractivity contribution in [3.05, 3.63) is 107 Å². The molecule has 230 valence electrons. The van der Waals surface area contributed by atoms with Gasteiger partial charge in [-0.3, -0.25) is 13.4 Å². The van der Waals surface area contributed by atoms with Gasteiger partial charge in [-0.05, 0) is 69.4 Å². The van der Waals surface area contributed by atoms with Gasteiger partial charge in [0, 0.05) is 24.3 Å². The van der Waals surface area contributed by atoms with Crippen LogP contribution in [0.3, 0.4) is 0 Å². The number of hydrogen-bond acceptors (Lipinski definition) is 8. The Bertz CT molecular complexity index is 1660. The van der Waals surface area contributed by atoms with E-state index < -0.39 is 20.4 Å². The van der Waals surface area contributed by atoms with Crippen LogP contribution in [0.2, 0.25) is 0 Å². The Balaban J connectivity index is 0.000000934. The Morgan fingerprint density at radius 3 is 1.98 bits per heavy atom. The molecule has 4 aromatic rings. The summed E-state index contributed by atoms with van der Waals surface area (Å²) >= 11 is 0. The molecule has 0 aliphatic rings. The van der Waals surface area contributed by atoms with Crippen molar-refractivity contribution < 1.29 is 25.9 Å². The van der Waals surface area contributed by atoms with Gasteiger partial charge in [0.15, 0.2) is 0 Å². The summed E-state index contributed by atoms with van der Waals surface area (Å²) in [6, 6.07) is 26.6. The summed E-state index contributed by atoms with van der Waals surface area (Å²) in [5, 5.41) is 3.43. The SMILES string of the molecule is Cc1ccc(S(=O)(=O)N(CCCc2c(C)nc(N)nc2NCCCc2ccccc2)c2ccccc2)cc1.O=S(=O)(O)O. The third kappa shape index (κ3) is 10.9. The largest absolute Gasteiger partial charge is 0.394 e. The van der Waals surface area contributed by atoms with E-state index in [9.17, 15) is 8.42 Å². The normalized spacial score (nSPS) is 11.3. The molecular weight excluding hydrogens is 590 g/mol. The van der Waals surface area contributed by atoms with Crippen LogP contribution in [-0.4, -0.2) is 49.0 Å². The van der Waals surface area contributed by atoms with Gasteiger partial charge >= 0.3 is 10.4 Å². The van der Waals surface area contributed by atoms with Crippen molar-refractivity contribution in [3.63, 3.8) is 0 Å². The molecule has 0 fully saturated rings. The van der Waals surface area contributed by atoms with Gasteiger partial charge in [-0.2, -0.15) is 13.4 Å². The van der Waals surface area contributed by atoms with Crippen LogP contribution in [0, 0.1) is 13.8 Å². The Morgan fingerprint density at radius 2 is 1.37 bits per heavy atom. The molecule has 0 saturated heterocycles. The zero-order chi connectivity index (χ0) is 31.5. The van der Waals surface area contributed by atoms with Crippen molar-refractivity contribution in [2.75, 3.05) is 28.4 Å². The molecule has 3 aromatic carbocycles. The molecule has 0 unspecified atom stereocenters. The predicted octanol–water partition coefficient (Wildman–Crippen LogP) is 4.90. The lowest BCUT2D eigenvalue weighted by atomic mass is 10.1. The molecule has 0 amide bonds. The van der Waals surface area contributed by atoms with E-state index in [0.29, 0.717) is 25.1 Å². The monoisotopic (exact) mass is 627 g/mol. The molecule has 0 atom stereocenters. The summed E-state index contributed by atoms with van der Waals surface area (Å²) in [5.41, 5.74) is 10.7. The number of nitrogen functional groups attached to an aromatic ring is 1. The molecule has 0 bridgehead atoms. The van der Waals surface area contributed by atoms with E-state index >= 15 is 0 Å². The van der Waals surface area contributed by atoms with E-state index in [4.69, 9.17) is 23.3 Å². The van der Waals surface area contributed by atoms with Crippen molar-refractivity contribution in [1.29, 1.82) is 0 Å². The Kier molecular flexibility index (Phi) is 12.0. The van der Waals surface area contributed by atoms with E-state index in [2.05, 4.69) is 27.4 Å². The molecule has 1 aromatic heterocycles. The van der Waals surface area contributed by atoms with E-state index in [0.717, 1.165) is 42.0 Å². The number of hydrogen-bond donors (Lipinski definition) is 4. The molecule has 11 nitrogen and oxygen atoms in total. The number of rotatable bonds is 12. The minimum Gasteiger partial charge on any atom is -0.370 e. The van der Waals surface area contributed by atoms with Gasteiger partial charge in [-0.25, -0.2) is 13.4 Å². The average molecular weight is 628 g/mol. The topological polar surface area (TPSA) is 176 Å². The second kappa shape index (κ2) is 15.4. The van der Waals surface area contributed by atoms with Crippen molar-refractivity contribution in [2.24, 2.45) is 0 Å². The van der Waals surface area contributed by atoms with Crippen LogP contribution in [0.5, 0.6) is 0 Å². The lowest BCUT2D eigenvalue weighted by molar-refractivity contribution is 0.381. The fraction of sp³-hybridized carbons (Fsp3) is 0.267. The molecule has 0 spiro atoms. The quantitative estimate of drug-likeness (QED) is 0.125. The Hall–Kier alpha value is -4.04. The molecule has 0 saturated carbocycles. The highest BCUT2D eigenvalue weighted by Gasteiger charge is 2.25. The van der Waals surface area contributed by atoms with Gasteiger partial charge in [-0.1, -0.05) is 66.2 Å². The Morgan fingerprint density at radius 1 is 0.791 bits per heavy atom. The van der Waals surface area contributed by atoms with Crippen molar-refractivity contribution in [2.45, 2.75) is 44.4 Å². The molecule has 1 heterocycles. The molecule has 13 heteroatoms. The fourth-order valence-corrected chi connectivity index (χ4v) is 5.93. The summed E-state index contributed by atoms with van der Waals surface area (Å²) in [5.74, 6) is 0.945. The highest BCUT2D eigenvalue weighted by atomic mass is 32.3. The maximum Gasteiger partial charge on any atom is 0.394 e. The minimum absolute atomic E-state index is 0.227. The van der Waals surface area contributed by atoms with E-state index in [1.165, 1.54) is 9.87 Å². The van der Waals surface area contributed by atoms with Gasteiger partial charge in [0.05, 0.1) is 10.6 Å². The third-order valence-corrected chi connectivity index (χ3v) is 8.29. The van der Waals surface area contributed by atoms with Crippen LogP contribution < -0.4 is 15.4 Å². The number of benzene rings is 3. The van der Waals surface area contributed by atoms with Crippen LogP contribution in [0.4, 0.5) is 17.5 Å². The summed E-state index contributed by atoms with van der Waals surface area (Å²) in [6.07, 6.45) is 3.11. The number of nitrogens with one attached hydrogen (secondary N) is 1. The van der Waals surface area contributed by atoms with Gasteiger partial charge in [0.2, 0.25) is 5.95 Å². The summed E-state index contributed by atoms with van der Waals surface area (Å²) in [4.78, 5) is 9.11. The zero-order valence-electron chi connectivity index (χ0n) is 24.1. The standard InChI is InChI=1S/C30H35N5O2S.H2O4S/c1-23-17-19-27(20-18-23)38(36,37)35(26-14-7-4-8-15-26)22-10-16-28-24(2)33-30(31)34-29(28)32-21-9-13-25-11-5-3-6-12-25;1-5(2,3)4/h3-8,11-12,14-15,17-20H,9-10,13,16,21-22H2,1-2H3,(H3,31,32,33,34);(H2,1,2,3,4). The summed E-state index contributed by atoms with van der Waals surface area (Å²) in [6.45, 7) is 4.92. The molecule has 4 rings (SSSR count). The molecule has 0 aliphatic carbocycles. The average Bonchev–Trinajstić information content (AvgIpc) is 2.94.